The molecule has 0 aliphatic heterocycles. The van der Waals surface area contributed by atoms with Crippen molar-refractivity contribution in [1.29, 1.82) is 0 Å². The largest absolute Gasteiger partial charge is 0.393 e. The molecule has 2 saturated carbocycles. The second kappa shape index (κ2) is 4.20. The number of H-pyrrole nitrogens is 1. The van der Waals surface area contributed by atoms with Crippen molar-refractivity contribution in [3.63, 3.8) is 0 Å². The molecule has 1 heterocycles. The molecule has 0 radical (unpaired) electrons. The summed E-state index contributed by atoms with van der Waals surface area (Å²) in [6, 6.07) is 3.70. The Labute approximate surface area is 121 Å². The average molecular weight is 293 g/mol. The molecular formula is C15H17ClN2O2. The van der Waals surface area contributed by atoms with E-state index in [-0.39, 0.29) is 6.10 Å². The number of benzene rings is 1. The van der Waals surface area contributed by atoms with Crippen molar-refractivity contribution in [2.75, 3.05) is 0 Å². The van der Waals surface area contributed by atoms with Gasteiger partial charge in [0.2, 0.25) is 0 Å². The van der Waals surface area contributed by atoms with Crippen LogP contribution in [-0.2, 0) is 5.60 Å². The predicted octanol–water partition coefficient (Wildman–Crippen LogP) is 2.58. The van der Waals surface area contributed by atoms with Crippen LogP contribution < -0.4 is 0 Å². The molecule has 5 heteroatoms. The number of aromatic nitrogens is 2. The minimum atomic E-state index is -0.856. The van der Waals surface area contributed by atoms with Crippen molar-refractivity contribution >= 4 is 22.5 Å². The fraction of sp³-hybridized carbons (Fsp3) is 0.533. The van der Waals surface area contributed by atoms with Gasteiger partial charge in [-0.05, 0) is 49.7 Å². The van der Waals surface area contributed by atoms with Crippen LogP contribution >= 0.6 is 11.6 Å². The topological polar surface area (TPSA) is 69.1 Å². The number of halogens is 1. The van der Waals surface area contributed by atoms with Crippen molar-refractivity contribution in [3.8, 4) is 0 Å². The maximum atomic E-state index is 11.1. The summed E-state index contributed by atoms with van der Waals surface area (Å²) < 4.78 is 0. The molecule has 3 unspecified atom stereocenters. The highest BCUT2D eigenvalue weighted by Crippen LogP contribution is 2.53. The van der Waals surface area contributed by atoms with Gasteiger partial charge in [-0.2, -0.15) is 5.10 Å². The van der Waals surface area contributed by atoms with Gasteiger partial charge in [0.1, 0.15) is 0 Å². The first-order valence-electron chi connectivity index (χ1n) is 7.09. The summed E-state index contributed by atoms with van der Waals surface area (Å²) in [5, 5.41) is 29.4. The molecule has 2 aliphatic rings. The number of aliphatic hydroxyl groups is 2. The number of hydrogen-bond donors (Lipinski definition) is 3. The lowest BCUT2D eigenvalue weighted by Crippen LogP contribution is -2.24. The third kappa shape index (κ3) is 1.79. The maximum Gasteiger partial charge on any atom is 0.0923 e. The van der Waals surface area contributed by atoms with Crippen LogP contribution in [0.25, 0.3) is 10.9 Å². The molecule has 0 saturated heterocycles. The molecule has 4 rings (SSSR count). The highest BCUT2D eigenvalue weighted by molar-refractivity contribution is 6.31. The van der Waals surface area contributed by atoms with E-state index in [0.717, 1.165) is 29.3 Å². The molecule has 1 aromatic carbocycles. The summed E-state index contributed by atoms with van der Waals surface area (Å²) in [5.74, 6) is 0.818. The number of nitrogens with one attached hydrogen (secondary N) is 1. The van der Waals surface area contributed by atoms with Crippen molar-refractivity contribution < 1.29 is 10.2 Å². The van der Waals surface area contributed by atoms with Crippen LogP contribution in [0.1, 0.15) is 31.2 Å². The molecule has 20 heavy (non-hydrogen) atoms. The molecular weight excluding hydrogens is 276 g/mol. The maximum absolute atomic E-state index is 11.1. The van der Waals surface area contributed by atoms with Crippen molar-refractivity contribution in [2.45, 2.75) is 37.4 Å². The van der Waals surface area contributed by atoms with Gasteiger partial charge in [0, 0.05) is 16.0 Å². The number of aromatic amines is 1. The van der Waals surface area contributed by atoms with Gasteiger partial charge in [-0.15, -0.1) is 0 Å². The second-order valence-electron chi connectivity index (χ2n) is 6.37. The second-order valence-corrected chi connectivity index (χ2v) is 6.81. The zero-order chi connectivity index (χ0) is 13.9. The molecule has 2 aliphatic carbocycles. The first-order valence-corrected chi connectivity index (χ1v) is 7.46. The van der Waals surface area contributed by atoms with E-state index in [4.69, 9.17) is 11.6 Å². The fourth-order valence-electron chi connectivity index (χ4n) is 4.24. The standard InChI is InChI=1S/C15H17ClN2O2/c16-11-1-10-7-17-18-14(10)13(4-11)15(20)5-8-2-12(19)3-9(8)6-15/h1,4,7-9,12,19-20H,2-3,5-6H2,(H,17,18)/t8-,9?,12?,15?/m0/s1. The predicted molar refractivity (Wildman–Crippen MR) is 76.5 cm³/mol. The quantitative estimate of drug-likeness (QED) is 0.757. The number of hydrogen-bond acceptors (Lipinski definition) is 3. The number of aliphatic hydroxyl groups excluding tert-OH is 1. The summed E-state index contributed by atoms with van der Waals surface area (Å²) >= 11 is 6.17. The minimum absolute atomic E-state index is 0.193. The molecule has 2 fully saturated rings. The van der Waals surface area contributed by atoms with Crippen molar-refractivity contribution in [3.05, 3.63) is 28.9 Å². The van der Waals surface area contributed by atoms with E-state index in [1.165, 1.54) is 0 Å². The number of nitrogens with zero attached hydrogens (tertiary/aromatic N) is 1. The third-order valence-electron chi connectivity index (χ3n) is 5.03. The van der Waals surface area contributed by atoms with Gasteiger partial charge in [0.05, 0.1) is 23.4 Å². The molecule has 3 N–H and O–H groups in total. The van der Waals surface area contributed by atoms with Crippen molar-refractivity contribution in [1.82, 2.24) is 10.2 Å². The van der Waals surface area contributed by atoms with Crippen LogP contribution in [-0.4, -0.2) is 26.5 Å². The van der Waals surface area contributed by atoms with Gasteiger partial charge in [0.15, 0.2) is 0 Å². The molecule has 0 bridgehead atoms. The average Bonchev–Trinajstić information content (AvgIpc) is 3.01. The van der Waals surface area contributed by atoms with Gasteiger partial charge in [-0.3, -0.25) is 5.10 Å². The van der Waals surface area contributed by atoms with E-state index in [1.54, 1.807) is 6.20 Å². The summed E-state index contributed by atoms with van der Waals surface area (Å²) in [6.07, 6.45) is 4.54. The van der Waals surface area contributed by atoms with Gasteiger partial charge in [-0.25, -0.2) is 0 Å². The monoisotopic (exact) mass is 292 g/mol. The van der Waals surface area contributed by atoms with Gasteiger partial charge in [0.25, 0.3) is 0 Å². The summed E-state index contributed by atoms with van der Waals surface area (Å²) in [5.41, 5.74) is 0.865. The summed E-state index contributed by atoms with van der Waals surface area (Å²) in [4.78, 5) is 0. The highest BCUT2D eigenvalue weighted by Gasteiger charge is 2.49. The minimum Gasteiger partial charge on any atom is -0.393 e. The third-order valence-corrected chi connectivity index (χ3v) is 5.25. The zero-order valence-corrected chi connectivity index (χ0v) is 11.8. The molecule has 4 atom stereocenters. The molecule has 0 spiro atoms. The lowest BCUT2D eigenvalue weighted by atomic mass is 9.88. The Morgan fingerprint density at radius 3 is 2.65 bits per heavy atom. The van der Waals surface area contributed by atoms with Crippen molar-refractivity contribution in [2.24, 2.45) is 11.8 Å². The first kappa shape index (κ1) is 12.6. The zero-order valence-electron chi connectivity index (χ0n) is 11.0. The smallest absolute Gasteiger partial charge is 0.0923 e. The Hall–Kier alpha value is -1.10. The van der Waals surface area contributed by atoms with Gasteiger partial charge < -0.3 is 10.2 Å². The van der Waals surface area contributed by atoms with E-state index in [1.807, 2.05) is 12.1 Å². The Morgan fingerprint density at radius 2 is 1.95 bits per heavy atom. The van der Waals surface area contributed by atoms with E-state index in [0.29, 0.717) is 29.7 Å². The van der Waals surface area contributed by atoms with Crippen LogP contribution in [0.2, 0.25) is 5.02 Å². The first-order chi connectivity index (χ1) is 9.55. The fourth-order valence-corrected chi connectivity index (χ4v) is 4.47. The number of rotatable bonds is 1. The molecule has 0 amide bonds. The van der Waals surface area contributed by atoms with Crippen LogP contribution in [0.15, 0.2) is 18.3 Å². The van der Waals surface area contributed by atoms with E-state index in [2.05, 4.69) is 10.2 Å². The van der Waals surface area contributed by atoms with E-state index < -0.39 is 5.60 Å². The number of fused-ring (bicyclic) bond motifs is 2. The molecule has 1 aromatic heterocycles. The summed E-state index contributed by atoms with van der Waals surface area (Å²) in [7, 11) is 0. The van der Waals surface area contributed by atoms with Crippen LogP contribution in [0.4, 0.5) is 0 Å². The van der Waals surface area contributed by atoms with E-state index >= 15 is 0 Å². The SMILES string of the molecule is OC1CC2CC(O)(c3cc(Cl)cc4cn[nH]c34)C[C@@H]2C1. The summed E-state index contributed by atoms with van der Waals surface area (Å²) in [6.45, 7) is 0. The Bertz CT molecular complexity index is 655. The lowest BCUT2D eigenvalue weighted by Gasteiger charge is -2.25. The Morgan fingerprint density at radius 1 is 1.25 bits per heavy atom. The van der Waals surface area contributed by atoms with Gasteiger partial charge >= 0.3 is 0 Å². The molecule has 2 aromatic rings. The highest BCUT2D eigenvalue weighted by atomic mass is 35.5. The molecule has 4 nitrogen and oxygen atoms in total. The van der Waals surface area contributed by atoms with Gasteiger partial charge in [-0.1, -0.05) is 11.6 Å². The molecule has 106 valence electrons. The van der Waals surface area contributed by atoms with E-state index in [9.17, 15) is 10.2 Å². The van der Waals surface area contributed by atoms with Crippen LogP contribution in [0.5, 0.6) is 0 Å². The van der Waals surface area contributed by atoms with Crippen LogP contribution in [0, 0.1) is 11.8 Å². The Kier molecular flexibility index (Phi) is 2.65. The van der Waals surface area contributed by atoms with Crippen LogP contribution in [0.3, 0.4) is 0 Å². The Balaban J connectivity index is 1.78. The lowest BCUT2D eigenvalue weighted by molar-refractivity contribution is 0.0302. The normalized spacial score (nSPS) is 36.6.